The Kier molecular flexibility index (Phi) is 5.31. The molecule has 0 fully saturated rings. The van der Waals surface area contributed by atoms with Gasteiger partial charge in [-0.3, -0.25) is 19.1 Å². The number of benzene rings is 1. The molecule has 1 aromatic carbocycles. The Hall–Kier alpha value is -3.07. The number of nitrogens with zero attached hydrogens (tertiary/aromatic N) is 3. The summed E-state index contributed by atoms with van der Waals surface area (Å²) in [7, 11) is 0. The average Bonchev–Trinajstić information content (AvgIpc) is 2.60. The highest BCUT2D eigenvalue weighted by atomic mass is 16.5. The van der Waals surface area contributed by atoms with Crippen molar-refractivity contribution in [3.63, 3.8) is 0 Å². The number of aliphatic carboxylic acids is 1. The van der Waals surface area contributed by atoms with Crippen LogP contribution in [-0.2, 0) is 16.1 Å². The van der Waals surface area contributed by atoms with Gasteiger partial charge in [-0.1, -0.05) is 0 Å². The van der Waals surface area contributed by atoms with Crippen molar-refractivity contribution < 1.29 is 14.6 Å². The fraction of sp³-hybridized carbons (Fsp3) is 0.389. The van der Waals surface area contributed by atoms with Crippen molar-refractivity contribution in [1.29, 1.82) is 0 Å². The second-order valence-electron chi connectivity index (χ2n) is 6.34. The van der Waals surface area contributed by atoms with E-state index in [0.29, 0.717) is 17.5 Å². The molecule has 0 radical (unpaired) electrons. The van der Waals surface area contributed by atoms with E-state index in [0.717, 1.165) is 15.7 Å². The Balaban J connectivity index is 1.87. The van der Waals surface area contributed by atoms with Crippen molar-refractivity contribution in [2.45, 2.75) is 33.2 Å². The number of hydrogen-bond donors (Lipinski definition) is 2. The van der Waals surface area contributed by atoms with E-state index in [1.165, 1.54) is 0 Å². The highest BCUT2D eigenvalue weighted by Crippen LogP contribution is 2.17. The van der Waals surface area contributed by atoms with Crippen molar-refractivity contribution in [3.05, 3.63) is 44.1 Å². The van der Waals surface area contributed by atoms with Gasteiger partial charge in [0.25, 0.3) is 5.56 Å². The molecule has 9 heteroatoms. The minimum absolute atomic E-state index is 0.0120. The number of carboxylic acids is 1. The predicted molar refractivity (Wildman–Crippen MR) is 99.1 cm³/mol. The number of aromatic amines is 1. The normalized spacial score (nSPS) is 11.3. The van der Waals surface area contributed by atoms with Crippen LogP contribution in [0.15, 0.2) is 21.7 Å². The summed E-state index contributed by atoms with van der Waals surface area (Å²) in [4.78, 5) is 46.7. The fourth-order valence-corrected chi connectivity index (χ4v) is 2.72. The lowest BCUT2D eigenvalue weighted by Gasteiger charge is -2.08. The Morgan fingerprint density at radius 1 is 1.15 bits per heavy atom. The molecule has 2 N–H and O–H groups in total. The Bertz CT molecular complexity index is 1130. The maximum Gasteiger partial charge on any atom is 0.330 e. The molecule has 9 nitrogen and oxygen atoms in total. The van der Waals surface area contributed by atoms with Crippen LogP contribution in [0, 0.1) is 13.8 Å². The van der Waals surface area contributed by atoms with E-state index in [1.54, 1.807) is 0 Å². The third-order valence-corrected chi connectivity index (χ3v) is 4.34. The summed E-state index contributed by atoms with van der Waals surface area (Å²) in [5.41, 5.74) is 2.42. The number of ether oxygens (including phenoxy) is 1. The van der Waals surface area contributed by atoms with Crippen LogP contribution in [-0.4, -0.2) is 43.8 Å². The Morgan fingerprint density at radius 2 is 1.81 bits per heavy atom. The molecule has 27 heavy (non-hydrogen) atoms. The van der Waals surface area contributed by atoms with Gasteiger partial charge >= 0.3 is 11.7 Å². The Morgan fingerprint density at radius 3 is 2.48 bits per heavy atom. The first kappa shape index (κ1) is 18.7. The zero-order chi connectivity index (χ0) is 19.6. The Labute approximate surface area is 153 Å². The molecule has 3 aromatic rings. The van der Waals surface area contributed by atoms with Gasteiger partial charge in [-0.25, -0.2) is 14.8 Å². The van der Waals surface area contributed by atoms with Crippen LogP contribution in [0.3, 0.4) is 0 Å². The number of fused-ring (bicyclic) bond motifs is 2. The predicted octanol–water partition coefficient (Wildman–Crippen LogP) is 1.13. The first-order valence-electron chi connectivity index (χ1n) is 8.58. The lowest BCUT2D eigenvalue weighted by molar-refractivity contribution is -0.137. The third kappa shape index (κ3) is 4.03. The third-order valence-electron chi connectivity index (χ3n) is 4.34. The zero-order valence-corrected chi connectivity index (χ0v) is 15.1. The summed E-state index contributed by atoms with van der Waals surface area (Å²) in [6, 6.07) is 3.73. The van der Waals surface area contributed by atoms with E-state index in [4.69, 9.17) is 9.84 Å². The van der Waals surface area contributed by atoms with Gasteiger partial charge in [0.1, 0.15) is 0 Å². The molecule has 0 spiro atoms. The first-order chi connectivity index (χ1) is 12.9. The molecule has 0 atom stereocenters. The van der Waals surface area contributed by atoms with Crippen molar-refractivity contribution in [3.8, 4) is 0 Å². The van der Waals surface area contributed by atoms with E-state index in [-0.39, 0.29) is 37.3 Å². The molecule has 0 saturated heterocycles. The molecule has 0 saturated carbocycles. The molecular weight excluding hydrogens is 352 g/mol. The minimum atomic E-state index is -0.892. The van der Waals surface area contributed by atoms with Crippen molar-refractivity contribution in [1.82, 2.24) is 19.5 Å². The SMILES string of the molecule is Cc1cc2nc3[nH]c(=O)n(CCOCCCC(=O)O)c(=O)c3nc2cc1C. The molecule has 0 bridgehead atoms. The largest absolute Gasteiger partial charge is 0.481 e. The summed E-state index contributed by atoms with van der Waals surface area (Å²) >= 11 is 0. The molecule has 2 aromatic heterocycles. The van der Waals surface area contributed by atoms with Crippen molar-refractivity contribution in [2.24, 2.45) is 0 Å². The van der Waals surface area contributed by atoms with Crippen molar-refractivity contribution in [2.75, 3.05) is 13.2 Å². The number of nitrogens with one attached hydrogen (secondary N) is 1. The number of H-pyrrole nitrogens is 1. The monoisotopic (exact) mass is 372 g/mol. The van der Waals surface area contributed by atoms with Crippen LogP contribution < -0.4 is 11.2 Å². The van der Waals surface area contributed by atoms with Gasteiger partial charge in [0.05, 0.1) is 24.2 Å². The van der Waals surface area contributed by atoms with Gasteiger partial charge in [0.15, 0.2) is 11.2 Å². The molecule has 0 aliphatic carbocycles. The molecule has 0 amide bonds. The van der Waals surface area contributed by atoms with Crippen LogP contribution in [0.5, 0.6) is 0 Å². The van der Waals surface area contributed by atoms with E-state index >= 15 is 0 Å². The quantitative estimate of drug-likeness (QED) is 0.470. The van der Waals surface area contributed by atoms with E-state index in [1.807, 2.05) is 26.0 Å². The number of hydrogen-bond acceptors (Lipinski definition) is 6. The highest BCUT2D eigenvalue weighted by Gasteiger charge is 2.12. The molecule has 0 aliphatic heterocycles. The van der Waals surface area contributed by atoms with Gasteiger partial charge in [0, 0.05) is 13.0 Å². The number of rotatable bonds is 7. The van der Waals surface area contributed by atoms with Gasteiger partial charge < -0.3 is 9.84 Å². The summed E-state index contributed by atoms with van der Waals surface area (Å²) in [6.45, 7) is 4.32. The van der Waals surface area contributed by atoms with Crippen LogP contribution >= 0.6 is 0 Å². The van der Waals surface area contributed by atoms with Gasteiger partial charge in [-0.15, -0.1) is 0 Å². The summed E-state index contributed by atoms with van der Waals surface area (Å²) < 4.78 is 6.31. The summed E-state index contributed by atoms with van der Waals surface area (Å²) in [5.74, 6) is -0.892. The van der Waals surface area contributed by atoms with Crippen LogP contribution in [0.4, 0.5) is 0 Å². The molecule has 0 aliphatic rings. The minimum Gasteiger partial charge on any atom is -0.481 e. The van der Waals surface area contributed by atoms with Gasteiger partial charge in [0.2, 0.25) is 0 Å². The topological polar surface area (TPSA) is 127 Å². The molecular formula is C18H20N4O5. The maximum absolute atomic E-state index is 12.7. The first-order valence-corrected chi connectivity index (χ1v) is 8.58. The van der Waals surface area contributed by atoms with E-state index < -0.39 is 17.2 Å². The molecule has 3 rings (SSSR count). The number of aryl methyl sites for hydroxylation is 2. The maximum atomic E-state index is 12.7. The standard InChI is InChI=1S/C18H20N4O5/c1-10-8-12-13(9-11(10)2)20-16-15(19-12)17(25)22(18(26)21-16)5-7-27-6-3-4-14(23)24/h8-9H,3-7H2,1-2H3,(H,23,24)(H,20,21,26). The summed E-state index contributed by atoms with van der Waals surface area (Å²) in [6.07, 6.45) is 0.382. The highest BCUT2D eigenvalue weighted by molar-refractivity contribution is 5.84. The smallest absolute Gasteiger partial charge is 0.330 e. The molecule has 0 unspecified atom stereocenters. The molecule has 142 valence electrons. The second kappa shape index (κ2) is 7.67. The lowest BCUT2D eigenvalue weighted by atomic mass is 10.1. The van der Waals surface area contributed by atoms with Crippen molar-refractivity contribution >= 4 is 28.2 Å². The number of carbonyl (C=O) groups is 1. The second-order valence-corrected chi connectivity index (χ2v) is 6.34. The fourth-order valence-electron chi connectivity index (χ4n) is 2.72. The van der Waals surface area contributed by atoms with Crippen LogP contribution in [0.25, 0.3) is 22.2 Å². The van der Waals surface area contributed by atoms with Crippen LogP contribution in [0.1, 0.15) is 24.0 Å². The summed E-state index contributed by atoms with van der Waals surface area (Å²) in [5, 5.41) is 8.57. The van der Waals surface area contributed by atoms with Crippen LogP contribution in [0.2, 0.25) is 0 Å². The number of aromatic nitrogens is 4. The van der Waals surface area contributed by atoms with Gasteiger partial charge in [-0.2, -0.15) is 0 Å². The van der Waals surface area contributed by atoms with E-state index in [9.17, 15) is 14.4 Å². The lowest BCUT2D eigenvalue weighted by Crippen LogP contribution is -2.37. The number of carboxylic acid groups (broad SMARTS) is 1. The van der Waals surface area contributed by atoms with Gasteiger partial charge in [-0.05, 0) is 43.5 Å². The van der Waals surface area contributed by atoms with E-state index in [2.05, 4.69) is 15.0 Å². The molecule has 2 heterocycles. The average molecular weight is 372 g/mol. The zero-order valence-electron chi connectivity index (χ0n) is 15.1.